The molecule has 1 heterocycles. The topological polar surface area (TPSA) is 29.9 Å². The maximum absolute atomic E-state index is 4.30. The summed E-state index contributed by atoms with van der Waals surface area (Å²) < 4.78 is 1.90. The second kappa shape index (κ2) is 4.09. The van der Waals surface area contributed by atoms with Crippen molar-refractivity contribution < 1.29 is 0 Å². The Kier molecular flexibility index (Phi) is 3.22. The molecule has 0 fully saturated rings. The summed E-state index contributed by atoms with van der Waals surface area (Å²) in [6.07, 6.45) is 0. The van der Waals surface area contributed by atoms with Gasteiger partial charge >= 0.3 is 0 Å². The number of hydrogen-bond acceptors (Lipinski definition) is 2. The predicted octanol–water partition coefficient (Wildman–Crippen LogP) is 2.38. The number of aromatic nitrogens is 2. The van der Waals surface area contributed by atoms with Gasteiger partial charge < -0.3 is 5.32 Å². The monoisotopic (exact) mass is 207 g/mol. The molecule has 3 heteroatoms. The van der Waals surface area contributed by atoms with E-state index in [4.69, 9.17) is 0 Å². The summed E-state index contributed by atoms with van der Waals surface area (Å²) >= 11 is 0. The second-order valence-electron chi connectivity index (χ2n) is 4.98. The molecule has 0 spiro atoms. The van der Waals surface area contributed by atoms with E-state index in [1.807, 2.05) is 18.7 Å². The zero-order valence-electron chi connectivity index (χ0n) is 10.4. The van der Waals surface area contributed by atoms with Crippen molar-refractivity contribution in [2.75, 3.05) is 0 Å². The number of rotatable bonds is 3. The molecule has 0 aliphatic heterocycles. The molecular weight excluding hydrogens is 186 g/mol. The first-order valence-electron chi connectivity index (χ1n) is 5.23. The molecule has 0 radical (unpaired) electrons. The van der Waals surface area contributed by atoms with E-state index in [1.54, 1.807) is 0 Å². The zero-order valence-corrected chi connectivity index (χ0v) is 10.4. The third-order valence-corrected chi connectivity index (χ3v) is 2.49. The molecule has 0 saturated carbocycles. The standard InChI is InChI=1S/C12H21N3/c1-9-7-11(15(6)14-9)8-13-10(2)12(3,4)5/h7,13H,2,8H2,1,3-6H3. The Bertz CT molecular complexity index is 355. The molecule has 15 heavy (non-hydrogen) atoms. The van der Waals surface area contributed by atoms with Crippen LogP contribution in [0.1, 0.15) is 32.2 Å². The van der Waals surface area contributed by atoms with Crippen molar-refractivity contribution in [3.8, 4) is 0 Å². The van der Waals surface area contributed by atoms with E-state index in [2.05, 4.69) is 43.8 Å². The van der Waals surface area contributed by atoms with Gasteiger partial charge in [-0.1, -0.05) is 27.4 Å². The molecule has 0 aromatic carbocycles. The largest absolute Gasteiger partial charge is 0.383 e. The molecule has 0 atom stereocenters. The molecule has 1 N–H and O–H groups in total. The molecule has 84 valence electrons. The highest BCUT2D eigenvalue weighted by Gasteiger charge is 2.14. The molecule has 0 unspecified atom stereocenters. The highest BCUT2D eigenvalue weighted by molar-refractivity contribution is 5.11. The van der Waals surface area contributed by atoms with E-state index in [0.717, 1.165) is 17.9 Å². The van der Waals surface area contributed by atoms with Crippen molar-refractivity contribution >= 4 is 0 Å². The van der Waals surface area contributed by atoms with Crippen LogP contribution in [0.4, 0.5) is 0 Å². The van der Waals surface area contributed by atoms with E-state index < -0.39 is 0 Å². The van der Waals surface area contributed by atoms with E-state index in [9.17, 15) is 0 Å². The van der Waals surface area contributed by atoms with Crippen LogP contribution in [0.25, 0.3) is 0 Å². The van der Waals surface area contributed by atoms with Crippen LogP contribution in [0.3, 0.4) is 0 Å². The van der Waals surface area contributed by atoms with Crippen molar-refractivity contribution in [3.05, 3.63) is 29.7 Å². The fraction of sp³-hybridized carbons (Fsp3) is 0.583. The zero-order chi connectivity index (χ0) is 11.6. The lowest BCUT2D eigenvalue weighted by atomic mass is 9.93. The van der Waals surface area contributed by atoms with Gasteiger partial charge in [-0.25, -0.2) is 0 Å². The first-order chi connectivity index (χ1) is 6.80. The Labute approximate surface area is 92.2 Å². The molecule has 0 aliphatic rings. The summed E-state index contributed by atoms with van der Waals surface area (Å²) in [5.74, 6) is 0. The fourth-order valence-corrected chi connectivity index (χ4v) is 1.29. The lowest BCUT2D eigenvalue weighted by Crippen LogP contribution is -2.24. The Morgan fingerprint density at radius 1 is 1.53 bits per heavy atom. The van der Waals surface area contributed by atoms with E-state index >= 15 is 0 Å². The fourth-order valence-electron chi connectivity index (χ4n) is 1.29. The van der Waals surface area contributed by atoms with E-state index in [1.165, 1.54) is 5.69 Å². The van der Waals surface area contributed by atoms with Crippen LogP contribution in [0.5, 0.6) is 0 Å². The molecule has 0 aliphatic carbocycles. The van der Waals surface area contributed by atoms with Gasteiger partial charge in [0.2, 0.25) is 0 Å². The number of aryl methyl sites for hydroxylation is 2. The first kappa shape index (κ1) is 11.8. The van der Waals surface area contributed by atoms with Crippen LogP contribution in [0.15, 0.2) is 18.3 Å². The summed E-state index contributed by atoms with van der Waals surface area (Å²) in [6, 6.07) is 2.09. The predicted molar refractivity (Wildman–Crippen MR) is 63.4 cm³/mol. The maximum atomic E-state index is 4.30. The van der Waals surface area contributed by atoms with Gasteiger partial charge in [0.15, 0.2) is 0 Å². The van der Waals surface area contributed by atoms with Gasteiger partial charge in [-0.05, 0) is 13.0 Å². The van der Waals surface area contributed by atoms with Crippen molar-refractivity contribution in [2.24, 2.45) is 12.5 Å². The highest BCUT2D eigenvalue weighted by atomic mass is 15.3. The molecule has 1 aromatic heterocycles. The average molecular weight is 207 g/mol. The Morgan fingerprint density at radius 2 is 2.13 bits per heavy atom. The normalized spacial score (nSPS) is 11.5. The minimum atomic E-state index is 0.105. The van der Waals surface area contributed by atoms with Gasteiger partial charge in [0, 0.05) is 18.2 Å². The van der Waals surface area contributed by atoms with Gasteiger partial charge in [-0.3, -0.25) is 4.68 Å². The summed E-state index contributed by atoms with van der Waals surface area (Å²) in [5, 5.41) is 7.64. The summed E-state index contributed by atoms with van der Waals surface area (Å²) in [6.45, 7) is 13.3. The number of allylic oxidation sites excluding steroid dienone is 1. The van der Waals surface area contributed by atoms with Crippen molar-refractivity contribution in [1.82, 2.24) is 15.1 Å². The van der Waals surface area contributed by atoms with Gasteiger partial charge in [-0.15, -0.1) is 0 Å². The Morgan fingerprint density at radius 3 is 2.53 bits per heavy atom. The second-order valence-corrected chi connectivity index (χ2v) is 4.98. The molecule has 1 aromatic rings. The van der Waals surface area contributed by atoms with Gasteiger partial charge in [0.05, 0.1) is 17.9 Å². The van der Waals surface area contributed by atoms with Gasteiger partial charge in [0.1, 0.15) is 0 Å². The van der Waals surface area contributed by atoms with Crippen LogP contribution < -0.4 is 5.32 Å². The van der Waals surface area contributed by atoms with Crippen molar-refractivity contribution in [1.29, 1.82) is 0 Å². The third kappa shape index (κ3) is 3.11. The Balaban J connectivity index is 2.58. The van der Waals surface area contributed by atoms with Gasteiger partial charge in [-0.2, -0.15) is 5.10 Å². The third-order valence-electron chi connectivity index (χ3n) is 2.49. The molecular formula is C12H21N3. The summed E-state index contributed by atoms with van der Waals surface area (Å²) in [5.41, 5.74) is 3.39. The smallest absolute Gasteiger partial charge is 0.0597 e. The average Bonchev–Trinajstić information content (AvgIpc) is 2.39. The maximum Gasteiger partial charge on any atom is 0.0597 e. The molecule has 0 amide bonds. The Hall–Kier alpha value is -1.25. The SMILES string of the molecule is C=C(NCc1cc(C)nn1C)C(C)(C)C. The lowest BCUT2D eigenvalue weighted by molar-refractivity contribution is 0.457. The van der Waals surface area contributed by atoms with Crippen LogP contribution >= 0.6 is 0 Å². The van der Waals surface area contributed by atoms with Crippen molar-refractivity contribution in [3.63, 3.8) is 0 Å². The highest BCUT2D eigenvalue weighted by Crippen LogP contribution is 2.21. The summed E-state index contributed by atoms with van der Waals surface area (Å²) in [7, 11) is 1.96. The van der Waals surface area contributed by atoms with Crippen LogP contribution in [0, 0.1) is 12.3 Å². The molecule has 0 bridgehead atoms. The first-order valence-corrected chi connectivity index (χ1v) is 5.23. The minimum absolute atomic E-state index is 0.105. The van der Waals surface area contributed by atoms with Gasteiger partial charge in [0.25, 0.3) is 0 Å². The molecule has 1 rings (SSSR count). The molecule has 0 saturated heterocycles. The lowest BCUT2D eigenvalue weighted by Gasteiger charge is -2.23. The quantitative estimate of drug-likeness (QED) is 0.824. The van der Waals surface area contributed by atoms with Crippen LogP contribution in [0.2, 0.25) is 0 Å². The summed E-state index contributed by atoms with van der Waals surface area (Å²) in [4.78, 5) is 0. The number of nitrogens with zero attached hydrogens (tertiary/aromatic N) is 2. The van der Waals surface area contributed by atoms with Crippen LogP contribution in [-0.2, 0) is 13.6 Å². The van der Waals surface area contributed by atoms with E-state index in [-0.39, 0.29) is 5.41 Å². The van der Waals surface area contributed by atoms with Crippen LogP contribution in [-0.4, -0.2) is 9.78 Å². The number of hydrogen-bond donors (Lipinski definition) is 1. The minimum Gasteiger partial charge on any atom is -0.383 e. The molecule has 3 nitrogen and oxygen atoms in total. The number of nitrogens with one attached hydrogen (secondary N) is 1. The van der Waals surface area contributed by atoms with E-state index in [0.29, 0.717) is 0 Å². The van der Waals surface area contributed by atoms with Crippen molar-refractivity contribution in [2.45, 2.75) is 34.2 Å².